The molecule has 6 nitrogen and oxygen atoms in total. The number of hydrogen-bond acceptors (Lipinski definition) is 4. The summed E-state index contributed by atoms with van der Waals surface area (Å²) >= 11 is 0. The third kappa shape index (κ3) is 3.15. The van der Waals surface area contributed by atoms with E-state index in [0.717, 1.165) is 37.0 Å². The Morgan fingerprint density at radius 2 is 1.67 bits per heavy atom. The first-order valence-corrected chi connectivity index (χ1v) is 10.1. The standard InChI is InChI=1S/C21H26N2O4/c24-19(23-16-1-2-17-18(8-16)27-12-26-17)3-4-22-20(25)21-9-13-5-14(10-21)7-15(6-13)11-21/h1-2,8,13-15H,3-7,9-12H2,(H,22,25)(H,23,24). The number of hydrogen-bond donors (Lipinski definition) is 2. The summed E-state index contributed by atoms with van der Waals surface area (Å²) in [6, 6.07) is 5.33. The van der Waals surface area contributed by atoms with Gasteiger partial charge in [-0.15, -0.1) is 0 Å². The zero-order valence-corrected chi connectivity index (χ0v) is 15.5. The second kappa shape index (κ2) is 6.43. The zero-order valence-electron chi connectivity index (χ0n) is 15.5. The van der Waals surface area contributed by atoms with Crippen molar-refractivity contribution in [2.75, 3.05) is 18.7 Å². The summed E-state index contributed by atoms with van der Waals surface area (Å²) in [5.41, 5.74) is 0.527. The molecule has 1 aliphatic heterocycles. The Morgan fingerprint density at radius 1 is 1.00 bits per heavy atom. The highest BCUT2D eigenvalue weighted by Crippen LogP contribution is 2.60. The molecule has 2 N–H and O–H groups in total. The number of amides is 2. The van der Waals surface area contributed by atoms with Gasteiger partial charge in [0.05, 0.1) is 0 Å². The van der Waals surface area contributed by atoms with Crippen LogP contribution in [0.5, 0.6) is 11.5 Å². The van der Waals surface area contributed by atoms with E-state index in [0.29, 0.717) is 23.7 Å². The second-order valence-corrected chi connectivity index (χ2v) is 8.82. The molecule has 144 valence electrons. The van der Waals surface area contributed by atoms with Gasteiger partial charge in [-0.1, -0.05) is 0 Å². The van der Waals surface area contributed by atoms with Crippen molar-refractivity contribution < 1.29 is 19.1 Å². The number of rotatable bonds is 5. The molecule has 5 aliphatic rings. The molecule has 1 aromatic rings. The molecule has 0 unspecified atom stereocenters. The average molecular weight is 370 g/mol. The van der Waals surface area contributed by atoms with Crippen LogP contribution in [0.25, 0.3) is 0 Å². The van der Waals surface area contributed by atoms with Gasteiger partial charge in [-0.3, -0.25) is 9.59 Å². The quantitative estimate of drug-likeness (QED) is 0.835. The molecule has 0 atom stereocenters. The van der Waals surface area contributed by atoms with Gasteiger partial charge >= 0.3 is 0 Å². The highest BCUT2D eigenvalue weighted by atomic mass is 16.7. The maximum absolute atomic E-state index is 12.9. The van der Waals surface area contributed by atoms with Crippen molar-refractivity contribution >= 4 is 17.5 Å². The molecular weight excluding hydrogens is 344 g/mol. The Bertz CT molecular complexity index is 740. The molecule has 27 heavy (non-hydrogen) atoms. The van der Waals surface area contributed by atoms with Gasteiger partial charge in [-0.2, -0.15) is 0 Å². The molecule has 1 heterocycles. The molecule has 6 heteroatoms. The number of nitrogens with one attached hydrogen (secondary N) is 2. The molecule has 1 aromatic carbocycles. The summed E-state index contributed by atoms with van der Waals surface area (Å²) in [6.45, 7) is 0.597. The van der Waals surface area contributed by atoms with E-state index in [-0.39, 0.29) is 30.4 Å². The van der Waals surface area contributed by atoms with Crippen LogP contribution in [-0.2, 0) is 9.59 Å². The van der Waals surface area contributed by atoms with E-state index >= 15 is 0 Å². The number of benzene rings is 1. The molecule has 0 radical (unpaired) electrons. The number of anilines is 1. The number of ether oxygens (including phenoxy) is 2. The van der Waals surface area contributed by atoms with Crippen molar-refractivity contribution in [2.45, 2.75) is 44.9 Å². The maximum Gasteiger partial charge on any atom is 0.231 e. The fraction of sp³-hybridized carbons (Fsp3) is 0.619. The lowest BCUT2D eigenvalue weighted by Gasteiger charge is -2.55. The monoisotopic (exact) mass is 370 g/mol. The third-order valence-electron chi connectivity index (χ3n) is 6.81. The van der Waals surface area contributed by atoms with Crippen LogP contribution in [0.15, 0.2) is 18.2 Å². The molecule has 4 saturated carbocycles. The van der Waals surface area contributed by atoms with E-state index in [2.05, 4.69) is 10.6 Å². The lowest BCUT2D eigenvalue weighted by Crippen LogP contribution is -2.53. The highest BCUT2D eigenvalue weighted by Gasteiger charge is 2.54. The van der Waals surface area contributed by atoms with Crippen molar-refractivity contribution in [1.29, 1.82) is 0 Å². The first kappa shape index (κ1) is 16.9. The van der Waals surface area contributed by atoms with E-state index in [1.165, 1.54) is 19.3 Å². The van der Waals surface area contributed by atoms with E-state index in [9.17, 15) is 9.59 Å². The molecule has 6 rings (SSSR count). The van der Waals surface area contributed by atoms with Crippen LogP contribution >= 0.6 is 0 Å². The fourth-order valence-electron chi connectivity index (χ4n) is 6.06. The Kier molecular flexibility index (Phi) is 4.02. The van der Waals surface area contributed by atoms with Crippen molar-refractivity contribution in [3.63, 3.8) is 0 Å². The SMILES string of the molecule is O=C(CCNC(=O)C12CC3CC(CC(C3)C1)C2)Nc1ccc2c(c1)OCO2. The van der Waals surface area contributed by atoms with E-state index in [1.54, 1.807) is 18.2 Å². The van der Waals surface area contributed by atoms with Crippen LogP contribution in [0.4, 0.5) is 5.69 Å². The van der Waals surface area contributed by atoms with Crippen LogP contribution in [0.1, 0.15) is 44.9 Å². The van der Waals surface area contributed by atoms with Crippen molar-refractivity contribution in [3.8, 4) is 11.5 Å². The summed E-state index contributed by atoms with van der Waals surface area (Å²) in [6.07, 6.45) is 7.39. The smallest absolute Gasteiger partial charge is 0.231 e. The van der Waals surface area contributed by atoms with Gasteiger partial charge in [-0.05, 0) is 68.4 Å². The average Bonchev–Trinajstić information content (AvgIpc) is 3.08. The minimum atomic E-state index is -0.150. The maximum atomic E-state index is 12.9. The predicted molar refractivity (Wildman–Crippen MR) is 99.4 cm³/mol. The second-order valence-electron chi connectivity index (χ2n) is 8.82. The molecule has 0 aromatic heterocycles. The molecule has 2 amide bonds. The third-order valence-corrected chi connectivity index (χ3v) is 6.81. The van der Waals surface area contributed by atoms with Gasteiger partial charge in [0.2, 0.25) is 18.6 Å². The van der Waals surface area contributed by atoms with E-state index in [4.69, 9.17) is 9.47 Å². The van der Waals surface area contributed by atoms with Crippen LogP contribution in [0.2, 0.25) is 0 Å². The largest absolute Gasteiger partial charge is 0.454 e. The molecule has 0 spiro atoms. The first-order chi connectivity index (χ1) is 13.1. The van der Waals surface area contributed by atoms with Gasteiger partial charge in [0.15, 0.2) is 11.5 Å². The van der Waals surface area contributed by atoms with Gasteiger partial charge in [0.25, 0.3) is 0 Å². The van der Waals surface area contributed by atoms with E-state index < -0.39 is 0 Å². The minimum absolute atomic E-state index is 0.111. The highest BCUT2D eigenvalue weighted by molar-refractivity contribution is 5.91. The minimum Gasteiger partial charge on any atom is -0.454 e. The van der Waals surface area contributed by atoms with Gasteiger partial charge in [0.1, 0.15) is 0 Å². The summed E-state index contributed by atoms with van der Waals surface area (Å²) < 4.78 is 10.6. The Balaban J connectivity index is 1.12. The summed E-state index contributed by atoms with van der Waals surface area (Å²) in [4.78, 5) is 25.1. The normalized spacial score (nSPS) is 32.4. The fourth-order valence-corrected chi connectivity index (χ4v) is 6.06. The zero-order chi connectivity index (χ0) is 18.4. The van der Waals surface area contributed by atoms with Crippen LogP contribution in [0.3, 0.4) is 0 Å². The summed E-state index contributed by atoms with van der Waals surface area (Å²) in [7, 11) is 0. The first-order valence-electron chi connectivity index (χ1n) is 10.1. The molecular formula is C21H26N2O4. The number of fused-ring (bicyclic) bond motifs is 1. The van der Waals surface area contributed by atoms with Crippen molar-refractivity contribution in [3.05, 3.63) is 18.2 Å². The van der Waals surface area contributed by atoms with Crippen LogP contribution in [0, 0.1) is 23.2 Å². The molecule has 4 aliphatic carbocycles. The van der Waals surface area contributed by atoms with Crippen molar-refractivity contribution in [2.24, 2.45) is 23.2 Å². The summed E-state index contributed by atoms with van der Waals surface area (Å²) in [5.74, 6) is 3.64. The Labute approximate surface area is 159 Å². The lowest BCUT2D eigenvalue weighted by atomic mass is 9.49. The topological polar surface area (TPSA) is 76.7 Å². The number of carbonyl (C=O) groups is 2. The molecule has 4 bridgehead atoms. The van der Waals surface area contributed by atoms with Gasteiger partial charge in [-0.25, -0.2) is 0 Å². The Morgan fingerprint density at radius 3 is 2.37 bits per heavy atom. The predicted octanol–water partition coefficient (Wildman–Crippen LogP) is 3.08. The molecule has 0 saturated heterocycles. The van der Waals surface area contributed by atoms with Crippen molar-refractivity contribution in [1.82, 2.24) is 5.32 Å². The lowest BCUT2D eigenvalue weighted by molar-refractivity contribution is -0.146. The van der Waals surface area contributed by atoms with Crippen LogP contribution in [-0.4, -0.2) is 25.2 Å². The van der Waals surface area contributed by atoms with Gasteiger partial charge in [0, 0.05) is 30.1 Å². The van der Waals surface area contributed by atoms with E-state index in [1.807, 2.05) is 0 Å². The Hall–Kier alpha value is -2.24. The molecule has 4 fully saturated rings. The van der Waals surface area contributed by atoms with Gasteiger partial charge < -0.3 is 20.1 Å². The van der Waals surface area contributed by atoms with Crippen LogP contribution < -0.4 is 20.1 Å². The summed E-state index contributed by atoms with van der Waals surface area (Å²) in [5, 5.41) is 5.91. The number of carbonyl (C=O) groups excluding carboxylic acids is 2.